The minimum Gasteiger partial charge on any atom is -0.312 e. The van der Waals surface area contributed by atoms with Crippen molar-refractivity contribution >= 4 is 0 Å². The molecular weight excluding hydrogens is 224 g/mol. The number of aromatic nitrogens is 2. The van der Waals surface area contributed by atoms with Gasteiger partial charge in [-0.15, -0.1) is 0 Å². The van der Waals surface area contributed by atoms with Crippen molar-refractivity contribution in [1.82, 2.24) is 20.0 Å². The van der Waals surface area contributed by atoms with Gasteiger partial charge >= 0.3 is 0 Å². The van der Waals surface area contributed by atoms with Gasteiger partial charge in [-0.3, -0.25) is 9.58 Å². The molecule has 0 aromatic carbocycles. The summed E-state index contributed by atoms with van der Waals surface area (Å²) in [7, 11) is 1.98. The lowest BCUT2D eigenvalue weighted by atomic mass is 10.1. The van der Waals surface area contributed by atoms with E-state index in [1.54, 1.807) is 0 Å². The average Bonchev–Trinajstić information content (AvgIpc) is 2.85. The second-order valence-corrected chi connectivity index (χ2v) is 6.50. The van der Waals surface area contributed by atoms with E-state index in [2.05, 4.69) is 42.2 Å². The van der Waals surface area contributed by atoms with E-state index in [0.29, 0.717) is 0 Å². The second kappa shape index (κ2) is 5.41. The van der Waals surface area contributed by atoms with Crippen molar-refractivity contribution in [2.45, 2.75) is 39.3 Å². The maximum atomic E-state index is 4.44. The average molecular weight is 250 g/mol. The van der Waals surface area contributed by atoms with Crippen molar-refractivity contribution in [3.63, 3.8) is 0 Å². The van der Waals surface area contributed by atoms with E-state index in [0.717, 1.165) is 19.0 Å². The predicted octanol–water partition coefficient (Wildman–Crippen LogP) is 1.63. The minimum atomic E-state index is 0.231. The highest BCUT2D eigenvalue weighted by atomic mass is 15.3. The van der Waals surface area contributed by atoms with Crippen LogP contribution in [0.25, 0.3) is 0 Å². The SMILES string of the molecule is Cn1ccc(CN2CCC(CNC(C)(C)C)C2)n1. The van der Waals surface area contributed by atoms with Crippen LogP contribution < -0.4 is 5.32 Å². The van der Waals surface area contributed by atoms with Gasteiger partial charge in [-0.05, 0) is 52.3 Å². The first kappa shape index (κ1) is 13.6. The Bertz CT molecular complexity index is 377. The molecule has 1 aliphatic heterocycles. The standard InChI is InChI=1S/C14H26N4/c1-14(2,3)15-9-12-5-8-18(10-12)11-13-6-7-17(4)16-13/h6-7,12,15H,5,8-11H2,1-4H3. The van der Waals surface area contributed by atoms with Gasteiger partial charge in [0.1, 0.15) is 0 Å². The van der Waals surface area contributed by atoms with Crippen molar-refractivity contribution in [2.24, 2.45) is 13.0 Å². The van der Waals surface area contributed by atoms with Gasteiger partial charge in [-0.2, -0.15) is 5.10 Å². The van der Waals surface area contributed by atoms with Gasteiger partial charge in [0.2, 0.25) is 0 Å². The Hall–Kier alpha value is -0.870. The molecule has 4 heteroatoms. The number of nitrogens with zero attached hydrogens (tertiary/aromatic N) is 3. The van der Waals surface area contributed by atoms with E-state index < -0.39 is 0 Å². The van der Waals surface area contributed by atoms with Crippen LogP contribution in [-0.2, 0) is 13.6 Å². The summed E-state index contributed by atoms with van der Waals surface area (Å²) in [4.78, 5) is 2.51. The molecule has 1 N–H and O–H groups in total. The molecule has 0 spiro atoms. The maximum absolute atomic E-state index is 4.44. The highest BCUT2D eigenvalue weighted by Crippen LogP contribution is 2.18. The Balaban J connectivity index is 1.75. The summed E-state index contributed by atoms with van der Waals surface area (Å²) in [5.74, 6) is 0.785. The third-order valence-electron chi connectivity index (χ3n) is 3.45. The van der Waals surface area contributed by atoms with E-state index in [9.17, 15) is 0 Å². The first-order chi connectivity index (χ1) is 8.42. The normalized spacial score (nSPS) is 21.7. The van der Waals surface area contributed by atoms with Gasteiger partial charge < -0.3 is 5.32 Å². The number of nitrogens with one attached hydrogen (secondary N) is 1. The van der Waals surface area contributed by atoms with Crippen LogP contribution in [0.15, 0.2) is 12.3 Å². The molecule has 2 heterocycles. The van der Waals surface area contributed by atoms with Gasteiger partial charge in [-0.25, -0.2) is 0 Å². The molecule has 1 saturated heterocycles. The fourth-order valence-corrected chi connectivity index (χ4v) is 2.45. The van der Waals surface area contributed by atoms with Gasteiger partial charge in [0.15, 0.2) is 0 Å². The number of rotatable bonds is 4. The number of hydrogen-bond donors (Lipinski definition) is 1. The summed E-state index contributed by atoms with van der Waals surface area (Å²) in [5, 5.41) is 8.05. The largest absolute Gasteiger partial charge is 0.312 e. The van der Waals surface area contributed by atoms with Crippen LogP contribution in [0.2, 0.25) is 0 Å². The molecule has 2 rings (SSSR count). The summed E-state index contributed by atoms with van der Waals surface area (Å²) in [6, 6.07) is 2.11. The zero-order chi connectivity index (χ0) is 13.2. The molecule has 18 heavy (non-hydrogen) atoms. The van der Waals surface area contributed by atoms with Gasteiger partial charge in [0, 0.05) is 31.9 Å². The molecule has 1 unspecified atom stereocenters. The smallest absolute Gasteiger partial charge is 0.0764 e. The molecule has 1 aliphatic rings. The van der Waals surface area contributed by atoms with Crippen LogP contribution in [0.4, 0.5) is 0 Å². The molecule has 1 fully saturated rings. The van der Waals surface area contributed by atoms with Gasteiger partial charge in [0.25, 0.3) is 0 Å². The van der Waals surface area contributed by atoms with Crippen molar-refractivity contribution in [1.29, 1.82) is 0 Å². The van der Waals surface area contributed by atoms with E-state index >= 15 is 0 Å². The summed E-state index contributed by atoms with van der Waals surface area (Å²) in [5.41, 5.74) is 1.41. The molecule has 0 amide bonds. The first-order valence-electron chi connectivity index (χ1n) is 6.88. The number of hydrogen-bond acceptors (Lipinski definition) is 3. The molecular formula is C14H26N4. The lowest BCUT2D eigenvalue weighted by Crippen LogP contribution is -2.39. The molecule has 1 aromatic heterocycles. The van der Waals surface area contributed by atoms with Crippen molar-refractivity contribution < 1.29 is 0 Å². The van der Waals surface area contributed by atoms with E-state index in [4.69, 9.17) is 0 Å². The summed E-state index contributed by atoms with van der Waals surface area (Å²) in [6.45, 7) is 11.2. The quantitative estimate of drug-likeness (QED) is 0.882. The zero-order valence-electron chi connectivity index (χ0n) is 12.1. The molecule has 4 nitrogen and oxygen atoms in total. The van der Waals surface area contributed by atoms with Crippen LogP contribution in [-0.4, -0.2) is 39.9 Å². The van der Waals surface area contributed by atoms with Gasteiger partial charge in [-0.1, -0.05) is 0 Å². The minimum absolute atomic E-state index is 0.231. The Morgan fingerprint density at radius 2 is 2.22 bits per heavy atom. The Kier molecular flexibility index (Phi) is 4.07. The van der Waals surface area contributed by atoms with E-state index in [1.807, 2.05) is 17.9 Å². The Morgan fingerprint density at radius 1 is 1.44 bits per heavy atom. The van der Waals surface area contributed by atoms with Crippen molar-refractivity contribution in [3.8, 4) is 0 Å². The third kappa shape index (κ3) is 4.10. The summed E-state index contributed by atoms with van der Waals surface area (Å²) < 4.78 is 1.88. The predicted molar refractivity (Wildman–Crippen MR) is 74.3 cm³/mol. The third-order valence-corrected chi connectivity index (χ3v) is 3.45. The lowest BCUT2D eigenvalue weighted by molar-refractivity contribution is 0.301. The molecule has 1 aromatic rings. The zero-order valence-corrected chi connectivity index (χ0v) is 12.1. The first-order valence-corrected chi connectivity index (χ1v) is 6.88. The number of aryl methyl sites for hydroxylation is 1. The second-order valence-electron chi connectivity index (χ2n) is 6.50. The van der Waals surface area contributed by atoms with Crippen LogP contribution in [0.1, 0.15) is 32.9 Å². The van der Waals surface area contributed by atoms with Crippen LogP contribution in [0.5, 0.6) is 0 Å². The molecule has 102 valence electrons. The molecule has 0 aliphatic carbocycles. The van der Waals surface area contributed by atoms with E-state index in [1.165, 1.54) is 25.2 Å². The van der Waals surface area contributed by atoms with Crippen LogP contribution in [0, 0.1) is 5.92 Å². The van der Waals surface area contributed by atoms with Gasteiger partial charge in [0.05, 0.1) is 5.69 Å². The fourth-order valence-electron chi connectivity index (χ4n) is 2.45. The number of likely N-dealkylation sites (tertiary alicyclic amines) is 1. The Labute approximate surface area is 110 Å². The lowest BCUT2D eigenvalue weighted by Gasteiger charge is -2.23. The highest BCUT2D eigenvalue weighted by Gasteiger charge is 2.24. The summed E-state index contributed by atoms with van der Waals surface area (Å²) in [6.07, 6.45) is 3.32. The molecule has 1 atom stereocenters. The summed E-state index contributed by atoms with van der Waals surface area (Å²) >= 11 is 0. The monoisotopic (exact) mass is 250 g/mol. The van der Waals surface area contributed by atoms with E-state index in [-0.39, 0.29) is 5.54 Å². The highest BCUT2D eigenvalue weighted by molar-refractivity contribution is 4.99. The van der Waals surface area contributed by atoms with Crippen LogP contribution >= 0.6 is 0 Å². The Morgan fingerprint density at radius 3 is 2.83 bits per heavy atom. The maximum Gasteiger partial charge on any atom is 0.0764 e. The van der Waals surface area contributed by atoms with Crippen molar-refractivity contribution in [2.75, 3.05) is 19.6 Å². The van der Waals surface area contributed by atoms with Crippen LogP contribution in [0.3, 0.4) is 0 Å². The van der Waals surface area contributed by atoms with Crippen molar-refractivity contribution in [3.05, 3.63) is 18.0 Å². The molecule has 0 saturated carbocycles. The topological polar surface area (TPSA) is 33.1 Å². The molecule has 0 radical (unpaired) electrons. The fraction of sp³-hybridized carbons (Fsp3) is 0.786. The molecule has 0 bridgehead atoms.